The van der Waals surface area contributed by atoms with Crippen LogP contribution in [0.2, 0.25) is 0 Å². The maximum absolute atomic E-state index is 9.58. The van der Waals surface area contributed by atoms with Crippen LogP contribution >= 0.6 is 0 Å². The number of hydrogen-bond donors (Lipinski definition) is 2. The van der Waals surface area contributed by atoms with E-state index in [4.69, 9.17) is 4.74 Å². The normalized spacial score (nSPS) is 20.3. The van der Waals surface area contributed by atoms with Gasteiger partial charge in [0, 0.05) is 12.6 Å². The fraction of sp³-hybridized carbons (Fsp3) is 0.600. The average Bonchev–Trinajstić information content (AvgIpc) is 2.43. The predicted molar refractivity (Wildman–Crippen MR) is 73.1 cm³/mol. The Morgan fingerprint density at radius 3 is 3.00 bits per heavy atom. The van der Waals surface area contributed by atoms with E-state index in [1.807, 2.05) is 13.0 Å². The zero-order valence-corrected chi connectivity index (χ0v) is 11.3. The number of aliphatic hydroxyl groups excluding tert-OH is 1. The van der Waals surface area contributed by atoms with Gasteiger partial charge in [-0.3, -0.25) is 0 Å². The van der Waals surface area contributed by atoms with Gasteiger partial charge in [-0.05, 0) is 48.9 Å². The minimum absolute atomic E-state index is 0.225. The minimum atomic E-state index is -0.225. The molecular formula is C15H23NO2. The van der Waals surface area contributed by atoms with E-state index in [2.05, 4.69) is 17.4 Å². The first-order valence-corrected chi connectivity index (χ1v) is 6.80. The topological polar surface area (TPSA) is 41.5 Å². The zero-order valence-electron chi connectivity index (χ0n) is 11.3. The second-order valence-corrected chi connectivity index (χ2v) is 5.04. The van der Waals surface area contributed by atoms with Gasteiger partial charge in [0.25, 0.3) is 0 Å². The van der Waals surface area contributed by atoms with Crippen molar-refractivity contribution in [3.8, 4) is 5.75 Å². The van der Waals surface area contributed by atoms with Crippen LogP contribution in [0.5, 0.6) is 5.75 Å². The highest BCUT2D eigenvalue weighted by molar-refractivity contribution is 5.37. The molecule has 1 aromatic rings. The SMILES string of the molecule is CCC(O)CNC1CCc2ccc(OC)cc2C1. The summed E-state index contributed by atoms with van der Waals surface area (Å²) in [5.74, 6) is 0.933. The van der Waals surface area contributed by atoms with Gasteiger partial charge in [-0.2, -0.15) is 0 Å². The van der Waals surface area contributed by atoms with Crippen LogP contribution in [-0.2, 0) is 12.8 Å². The number of aryl methyl sites for hydroxylation is 1. The molecule has 0 aromatic heterocycles. The summed E-state index contributed by atoms with van der Waals surface area (Å²) in [7, 11) is 1.71. The van der Waals surface area contributed by atoms with E-state index in [1.165, 1.54) is 11.1 Å². The minimum Gasteiger partial charge on any atom is -0.497 e. The van der Waals surface area contributed by atoms with E-state index in [9.17, 15) is 5.11 Å². The summed E-state index contributed by atoms with van der Waals surface area (Å²) in [6.07, 6.45) is 3.87. The second kappa shape index (κ2) is 6.21. The Morgan fingerprint density at radius 2 is 2.28 bits per heavy atom. The summed E-state index contributed by atoms with van der Waals surface area (Å²) in [5, 5.41) is 13.0. The maximum atomic E-state index is 9.58. The van der Waals surface area contributed by atoms with E-state index < -0.39 is 0 Å². The Balaban J connectivity index is 1.96. The number of hydrogen-bond acceptors (Lipinski definition) is 3. The molecule has 0 aliphatic heterocycles. The van der Waals surface area contributed by atoms with Crippen LogP contribution in [-0.4, -0.2) is 30.9 Å². The number of rotatable bonds is 5. The van der Waals surface area contributed by atoms with Crippen molar-refractivity contribution < 1.29 is 9.84 Å². The highest BCUT2D eigenvalue weighted by Gasteiger charge is 2.19. The van der Waals surface area contributed by atoms with Crippen molar-refractivity contribution in [1.29, 1.82) is 0 Å². The van der Waals surface area contributed by atoms with Gasteiger partial charge in [-0.25, -0.2) is 0 Å². The van der Waals surface area contributed by atoms with Gasteiger partial charge in [-0.15, -0.1) is 0 Å². The quantitative estimate of drug-likeness (QED) is 0.837. The van der Waals surface area contributed by atoms with Crippen LogP contribution < -0.4 is 10.1 Å². The number of aliphatic hydroxyl groups is 1. The van der Waals surface area contributed by atoms with Crippen molar-refractivity contribution in [2.24, 2.45) is 0 Å². The predicted octanol–water partition coefficient (Wildman–Crippen LogP) is 1.91. The zero-order chi connectivity index (χ0) is 13.0. The number of ether oxygens (including phenoxy) is 1. The highest BCUT2D eigenvalue weighted by atomic mass is 16.5. The molecule has 1 aliphatic carbocycles. The third-order valence-corrected chi connectivity index (χ3v) is 3.76. The van der Waals surface area contributed by atoms with Gasteiger partial charge in [0.1, 0.15) is 5.75 Å². The number of benzene rings is 1. The van der Waals surface area contributed by atoms with Crippen LogP contribution in [0.15, 0.2) is 18.2 Å². The lowest BCUT2D eigenvalue weighted by molar-refractivity contribution is 0.161. The first kappa shape index (κ1) is 13.4. The van der Waals surface area contributed by atoms with Crippen LogP contribution in [0.3, 0.4) is 0 Å². The summed E-state index contributed by atoms with van der Waals surface area (Å²) >= 11 is 0. The summed E-state index contributed by atoms with van der Waals surface area (Å²) < 4.78 is 5.27. The molecule has 0 bridgehead atoms. The molecule has 2 atom stereocenters. The molecule has 0 heterocycles. The van der Waals surface area contributed by atoms with Crippen molar-refractivity contribution in [3.05, 3.63) is 29.3 Å². The first-order valence-electron chi connectivity index (χ1n) is 6.80. The third kappa shape index (κ3) is 3.24. The van der Waals surface area contributed by atoms with E-state index in [-0.39, 0.29) is 6.10 Å². The Bertz CT molecular complexity index is 392. The highest BCUT2D eigenvalue weighted by Crippen LogP contribution is 2.25. The number of nitrogens with one attached hydrogen (secondary N) is 1. The molecule has 100 valence electrons. The molecule has 3 nitrogen and oxygen atoms in total. The van der Waals surface area contributed by atoms with E-state index in [0.29, 0.717) is 12.6 Å². The van der Waals surface area contributed by atoms with Crippen molar-refractivity contribution in [2.75, 3.05) is 13.7 Å². The molecule has 0 amide bonds. The molecule has 1 aliphatic rings. The summed E-state index contributed by atoms with van der Waals surface area (Å²) in [5.41, 5.74) is 2.81. The van der Waals surface area contributed by atoms with Gasteiger partial charge in [-0.1, -0.05) is 13.0 Å². The lowest BCUT2D eigenvalue weighted by Gasteiger charge is -2.26. The number of fused-ring (bicyclic) bond motifs is 1. The maximum Gasteiger partial charge on any atom is 0.119 e. The van der Waals surface area contributed by atoms with Crippen molar-refractivity contribution in [1.82, 2.24) is 5.32 Å². The lowest BCUT2D eigenvalue weighted by Crippen LogP contribution is -2.39. The molecule has 0 saturated heterocycles. The Labute approximate surface area is 109 Å². The molecule has 2 N–H and O–H groups in total. The summed E-state index contributed by atoms with van der Waals surface area (Å²) in [6, 6.07) is 6.82. The van der Waals surface area contributed by atoms with Crippen LogP contribution in [0.25, 0.3) is 0 Å². The first-order chi connectivity index (χ1) is 8.72. The van der Waals surface area contributed by atoms with Crippen molar-refractivity contribution in [2.45, 2.75) is 44.8 Å². The van der Waals surface area contributed by atoms with Crippen LogP contribution in [0.1, 0.15) is 30.9 Å². The Morgan fingerprint density at radius 1 is 1.44 bits per heavy atom. The smallest absolute Gasteiger partial charge is 0.119 e. The fourth-order valence-corrected chi connectivity index (χ4v) is 2.48. The second-order valence-electron chi connectivity index (χ2n) is 5.04. The molecular weight excluding hydrogens is 226 g/mol. The van der Waals surface area contributed by atoms with E-state index in [0.717, 1.165) is 31.4 Å². The molecule has 0 radical (unpaired) electrons. The Hall–Kier alpha value is -1.06. The van der Waals surface area contributed by atoms with Gasteiger partial charge < -0.3 is 15.2 Å². The third-order valence-electron chi connectivity index (χ3n) is 3.76. The van der Waals surface area contributed by atoms with Gasteiger partial charge >= 0.3 is 0 Å². The number of methoxy groups -OCH3 is 1. The molecule has 18 heavy (non-hydrogen) atoms. The van der Waals surface area contributed by atoms with Crippen LogP contribution in [0.4, 0.5) is 0 Å². The fourth-order valence-electron chi connectivity index (χ4n) is 2.48. The molecule has 3 heteroatoms. The van der Waals surface area contributed by atoms with Gasteiger partial charge in [0.05, 0.1) is 13.2 Å². The van der Waals surface area contributed by atoms with E-state index in [1.54, 1.807) is 7.11 Å². The van der Waals surface area contributed by atoms with Gasteiger partial charge in [0.15, 0.2) is 0 Å². The Kier molecular flexibility index (Phi) is 4.61. The largest absolute Gasteiger partial charge is 0.497 e. The van der Waals surface area contributed by atoms with Crippen molar-refractivity contribution in [3.63, 3.8) is 0 Å². The summed E-state index contributed by atoms with van der Waals surface area (Å²) in [4.78, 5) is 0. The molecule has 0 fully saturated rings. The molecule has 2 unspecified atom stereocenters. The van der Waals surface area contributed by atoms with Gasteiger partial charge in [0.2, 0.25) is 0 Å². The summed E-state index contributed by atoms with van der Waals surface area (Å²) in [6.45, 7) is 2.70. The monoisotopic (exact) mass is 249 g/mol. The average molecular weight is 249 g/mol. The van der Waals surface area contributed by atoms with Crippen LogP contribution in [0, 0.1) is 0 Å². The molecule has 0 saturated carbocycles. The van der Waals surface area contributed by atoms with E-state index >= 15 is 0 Å². The lowest BCUT2D eigenvalue weighted by atomic mass is 9.88. The molecule has 1 aromatic carbocycles. The molecule has 0 spiro atoms. The standard InChI is InChI=1S/C15H23NO2/c1-3-14(17)10-16-13-6-4-11-5-7-15(18-2)9-12(11)8-13/h5,7,9,13-14,16-17H,3-4,6,8,10H2,1-2H3. The molecule has 2 rings (SSSR count). The van der Waals surface area contributed by atoms with Crippen molar-refractivity contribution >= 4 is 0 Å².